The highest BCUT2D eigenvalue weighted by atomic mass is 19.4. The number of nitrogens with zero attached hydrogens (tertiary/aromatic N) is 4. The van der Waals surface area contributed by atoms with Crippen molar-refractivity contribution in [1.29, 1.82) is 0 Å². The minimum atomic E-state index is -4.36. The predicted molar refractivity (Wildman–Crippen MR) is 138 cm³/mol. The molecule has 3 heterocycles. The van der Waals surface area contributed by atoms with E-state index in [9.17, 15) is 13.2 Å². The first-order chi connectivity index (χ1) is 18.2. The normalized spacial score (nSPS) is 15.2. The molecule has 1 saturated carbocycles. The van der Waals surface area contributed by atoms with Crippen LogP contribution in [0.2, 0.25) is 0 Å². The van der Waals surface area contributed by atoms with Gasteiger partial charge in [0.2, 0.25) is 0 Å². The fourth-order valence-electron chi connectivity index (χ4n) is 5.28. The summed E-state index contributed by atoms with van der Waals surface area (Å²) in [6.07, 6.45) is -2.07. The number of rotatable bonds is 7. The Morgan fingerprint density at radius 1 is 1.08 bits per heavy atom. The highest BCUT2D eigenvalue weighted by Crippen LogP contribution is 2.39. The van der Waals surface area contributed by atoms with E-state index in [1.54, 1.807) is 19.2 Å². The van der Waals surface area contributed by atoms with E-state index in [0.717, 1.165) is 87.9 Å². The number of aromatic nitrogens is 3. The largest absolute Gasteiger partial charge is 0.497 e. The van der Waals surface area contributed by atoms with Gasteiger partial charge in [-0.05, 0) is 73.6 Å². The van der Waals surface area contributed by atoms with Crippen LogP contribution in [0.1, 0.15) is 46.5 Å². The van der Waals surface area contributed by atoms with Crippen LogP contribution in [0.15, 0.2) is 42.5 Å². The highest BCUT2D eigenvalue weighted by Gasteiger charge is 2.33. The number of benzene rings is 2. The van der Waals surface area contributed by atoms with Crippen molar-refractivity contribution in [2.45, 2.75) is 52.6 Å². The summed E-state index contributed by atoms with van der Waals surface area (Å²) in [4.78, 5) is 7.26. The van der Waals surface area contributed by atoms with Crippen molar-refractivity contribution >= 4 is 11.5 Å². The number of anilines is 1. The van der Waals surface area contributed by atoms with Gasteiger partial charge in [-0.15, -0.1) is 0 Å². The minimum absolute atomic E-state index is 0.418. The van der Waals surface area contributed by atoms with Crippen LogP contribution in [0, 0.1) is 19.8 Å². The van der Waals surface area contributed by atoms with Gasteiger partial charge < -0.3 is 14.4 Å². The maximum absolute atomic E-state index is 13.2. The molecule has 198 valence electrons. The number of halogens is 3. The quantitative estimate of drug-likeness (QED) is 0.278. The Morgan fingerprint density at radius 3 is 2.50 bits per heavy atom. The van der Waals surface area contributed by atoms with Gasteiger partial charge in [0.25, 0.3) is 0 Å². The van der Waals surface area contributed by atoms with Crippen LogP contribution in [0.4, 0.5) is 19.0 Å². The van der Waals surface area contributed by atoms with Crippen molar-refractivity contribution < 1.29 is 22.6 Å². The number of ether oxygens (including phenoxy) is 2. The fourth-order valence-corrected chi connectivity index (χ4v) is 5.28. The Kier molecular flexibility index (Phi) is 6.06. The molecule has 1 aliphatic heterocycles. The Labute approximate surface area is 219 Å². The first kappa shape index (κ1) is 24.7. The average Bonchev–Trinajstić information content (AvgIpc) is 3.47. The molecule has 9 heteroatoms. The molecular weight excluding hydrogens is 493 g/mol. The van der Waals surface area contributed by atoms with Gasteiger partial charge in [0.05, 0.1) is 37.3 Å². The molecule has 2 aromatic carbocycles. The van der Waals surface area contributed by atoms with Gasteiger partial charge in [0.15, 0.2) is 5.65 Å². The van der Waals surface area contributed by atoms with E-state index in [4.69, 9.17) is 19.6 Å². The summed E-state index contributed by atoms with van der Waals surface area (Å²) in [7, 11) is 1.65. The second kappa shape index (κ2) is 9.31. The third-order valence-electron chi connectivity index (χ3n) is 7.41. The molecule has 2 aliphatic rings. The molecule has 0 amide bonds. The average molecular weight is 523 g/mol. The standard InChI is InChI=1S/C29H29F3N4O2/c1-17-12-22(37-3)10-11-23(17)26-18(2)34-36-27(26)33-25-16-38-15-24(25)28(36)35(13-19-4-5-19)14-20-6-8-21(9-7-20)29(30,31)32/h6-12,19H,4-5,13-16H2,1-3H3. The molecule has 1 aliphatic carbocycles. The zero-order valence-electron chi connectivity index (χ0n) is 21.6. The fraction of sp³-hybridized carbons (Fsp3) is 0.379. The van der Waals surface area contributed by atoms with Gasteiger partial charge >= 0.3 is 6.18 Å². The van der Waals surface area contributed by atoms with Gasteiger partial charge in [-0.2, -0.15) is 22.8 Å². The van der Waals surface area contributed by atoms with Crippen LogP contribution in [-0.4, -0.2) is 28.3 Å². The van der Waals surface area contributed by atoms with E-state index < -0.39 is 11.7 Å². The summed E-state index contributed by atoms with van der Waals surface area (Å²) in [6.45, 7) is 6.14. The molecule has 0 spiro atoms. The number of hydrogen-bond donors (Lipinski definition) is 0. The summed E-state index contributed by atoms with van der Waals surface area (Å²) in [5, 5.41) is 4.96. The van der Waals surface area contributed by atoms with Crippen LogP contribution < -0.4 is 9.64 Å². The second-order valence-corrected chi connectivity index (χ2v) is 10.2. The molecule has 4 aromatic rings. The topological polar surface area (TPSA) is 51.9 Å². The molecule has 6 rings (SSSR count). The lowest BCUT2D eigenvalue weighted by Crippen LogP contribution is -2.29. The smallest absolute Gasteiger partial charge is 0.416 e. The van der Waals surface area contributed by atoms with Crippen LogP contribution in [0.3, 0.4) is 0 Å². The summed E-state index contributed by atoms with van der Waals surface area (Å²) in [5.41, 5.74) is 6.71. The monoisotopic (exact) mass is 522 g/mol. The third kappa shape index (κ3) is 4.49. The molecule has 38 heavy (non-hydrogen) atoms. The molecule has 0 atom stereocenters. The molecule has 6 nitrogen and oxygen atoms in total. The van der Waals surface area contributed by atoms with Crippen molar-refractivity contribution in [2.75, 3.05) is 18.6 Å². The maximum Gasteiger partial charge on any atom is 0.416 e. The molecule has 0 bridgehead atoms. The van der Waals surface area contributed by atoms with Crippen LogP contribution >= 0.6 is 0 Å². The lowest BCUT2D eigenvalue weighted by atomic mass is 10.0. The lowest BCUT2D eigenvalue weighted by molar-refractivity contribution is -0.137. The van der Waals surface area contributed by atoms with Crippen LogP contribution in [0.5, 0.6) is 5.75 Å². The Balaban J connectivity index is 1.48. The summed E-state index contributed by atoms with van der Waals surface area (Å²) >= 11 is 0. The van der Waals surface area contributed by atoms with E-state index in [0.29, 0.717) is 25.7 Å². The first-order valence-corrected chi connectivity index (χ1v) is 12.8. The Bertz CT molecular complexity index is 1510. The van der Waals surface area contributed by atoms with Crippen molar-refractivity contribution in [1.82, 2.24) is 14.6 Å². The van der Waals surface area contributed by atoms with Gasteiger partial charge in [0.1, 0.15) is 11.6 Å². The van der Waals surface area contributed by atoms with Crippen molar-refractivity contribution in [3.05, 3.63) is 76.1 Å². The van der Waals surface area contributed by atoms with E-state index in [1.165, 1.54) is 0 Å². The summed E-state index contributed by atoms with van der Waals surface area (Å²) in [5.74, 6) is 2.25. The summed E-state index contributed by atoms with van der Waals surface area (Å²) < 4.78 is 52.6. The molecule has 0 saturated heterocycles. The Morgan fingerprint density at radius 2 is 1.84 bits per heavy atom. The number of fused-ring (bicyclic) bond motifs is 2. The van der Waals surface area contributed by atoms with Crippen LogP contribution in [0.25, 0.3) is 16.8 Å². The van der Waals surface area contributed by atoms with Gasteiger partial charge in [-0.3, -0.25) is 0 Å². The maximum atomic E-state index is 13.2. The summed E-state index contributed by atoms with van der Waals surface area (Å²) in [6, 6.07) is 11.4. The Hall–Kier alpha value is -3.59. The van der Waals surface area contributed by atoms with Crippen molar-refractivity contribution in [3.8, 4) is 16.9 Å². The van der Waals surface area contributed by atoms with Crippen LogP contribution in [-0.2, 0) is 30.7 Å². The number of methoxy groups -OCH3 is 1. The molecule has 0 unspecified atom stereocenters. The minimum Gasteiger partial charge on any atom is -0.497 e. The highest BCUT2D eigenvalue weighted by molar-refractivity contribution is 5.83. The second-order valence-electron chi connectivity index (χ2n) is 10.2. The predicted octanol–water partition coefficient (Wildman–Crippen LogP) is 6.49. The van der Waals surface area contributed by atoms with Crippen molar-refractivity contribution in [3.63, 3.8) is 0 Å². The van der Waals surface area contributed by atoms with Gasteiger partial charge in [-0.1, -0.05) is 18.2 Å². The zero-order valence-corrected chi connectivity index (χ0v) is 21.6. The molecule has 0 N–H and O–H groups in total. The third-order valence-corrected chi connectivity index (χ3v) is 7.41. The molecular formula is C29H29F3N4O2. The lowest BCUT2D eigenvalue weighted by Gasteiger charge is -2.27. The van der Waals surface area contributed by atoms with Crippen molar-refractivity contribution in [2.24, 2.45) is 5.92 Å². The van der Waals surface area contributed by atoms with E-state index in [2.05, 4.69) is 4.90 Å². The number of aryl methyl sites for hydroxylation is 2. The molecule has 2 aromatic heterocycles. The number of alkyl halides is 3. The first-order valence-electron chi connectivity index (χ1n) is 12.8. The van der Waals surface area contributed by atoms with E-state index in [1.807, 2.05) is 36.6 Å². The zero-order chi connectivity index (χ0) is 26.6. The molecule has 1 fully saturated rings. The van der Waals surface area contributed by atoms with E-state index in [-0.39, 0.29) is 0 Å². The molecule has 0 radical (unpaired) electrons. The van der Waals surface area contributed by atoms with Gasteiger partial charge in [-0.25, -0.2) is 4.98 Å². The SMILES string of the molecule is COc1ccc(-c2c(C)nn3c(N(Cc4ccc(C(F)(F)F)cc4)CC4CC4)c4c(nc23)COC4)c(C)c1. The van der Waals surface area contributed by atoms with E-state index >= 15 is 0 Å². The number of hydrogen-bond acceptors (Lipinski definition) is 5. The van der Waals surface area contributed by atoms with Gasteiger partial charge in [0, 0.05) is 24.2 Å².